The minimum Gasteiger partial charge on any atom is -0.413 e. The predicted octanol–water partition coefficient (Wildman–Crippen LogP) is 3.75. The van der Waals surface area contributed by atoms with Crippen LogP contribution >= 0.6 is 0 Å². The number of hydrogen-bond acceptors (Lipinski definition) is 2. The topological polar surface area (TPSA) is 29.5 Å². The molecule has 0 saturated carbocycles. The molecule has 4 heteroatoms. The van der Waals surface area contributed by atoms with Gasteiger partial charge >= 0.3 is 0 Å². The average Bonchev–Trinajstić information content (AvgIpc) is 2.33. The van der Waals surface area contributed by atoms with Gasteiger partial charge in [0.2, 0.25) is 5.91 Å². The van der Waals surface area contributed by atoms with Gasteiger partial charge in [-0.25, -0.2) is 0 Å². The van der Waals surface area contributed by atoms with Gasteiger partial charge in [-0.05, 0) is 31.1 Å². The summed E-state index contributed by atoms with van der Waals surface area (Å²) >= 11 is 0. The molecule has 0 aliphatic carbocycles. The Hall–Kier alpha value is -1.09. The van der Waals surface area contributed by atoms with Crippen molar-refractivity contribution in [2.45, 2.75) is 58.0 Å². The summed E-state index contributed by atoms with van der Waals surface area (Å²) in [5.41, 5.74) is 2.81. The van der Waals surface area contributed by atoms with E-state index >= 15 is 0 Å². The van der Waals surface area contributed by atoms with Crippen LogP contribution in [0.3, 0.4) is 0 Å². The summed E-state index contributed by atoms with van der Waals surface area (Å²) in [6.45, 7) is 21.0. The summed E-state index contributed by atoms with van der Waals surface area (Å²) in [6.07, 6.45) is 3.52. The van der Waals surface area contributed by atoms with Crippen molar-refractivity contribution >= 4 is 14.2 Å². The third kappa shape index (κ3) is 3.57. The second-order valence-electron chi connectivity index (χ2n) is 7.25. The molecule has 0 aromatic heterocycles. The summed E-state index contributed by atoms with van der Waals surface area (Å²) in [7, 11) is -1.88. The fourth-order valence-electron chi connectivity index (χ4n) is 2.45. The summed E-state index contributed by atoms with van der Waals surface area (Å²) in [6, 6.07) is 0.0211. The van der Waals surface area contributed by atoms with Crippen molar-refractivity contribution in [3.05, 3.63) is 31.0 Å². The Kier molecular flexibility index (Phi) is 5.43. The SMILES string of the molecule is C=C=C[C@@H]1[C@@H]([C@@H](C)O[Si](C)(C)C(C)(C)C)C(=O)N1CC=C. The van der Waals surface area contributed by atoms with E-state index in [-0.39, 0.29) is 29.0 Å². The van der Waals surface area contributed by atoms with Crippen LogP contribution in [0.15, 0.2) is 31.0 Å². The predicted molar refractivity (Wildman–Crippen MR) is 90.6 cm³/mol. The maximum atomic E-state index is 12.4. The molecule has 0 aromatic carbocycles. The molecule has 1 rings (SSSR count). The number of hydrogen-bond donors (Lipinski definition) is 0. The first-order valence-electron chi connectivity index (χ1n) is 7.52. The highest BCUT2D eigenvalue weighted by Gasteiger charge is 2.50. The minimum absolute atomic E-state index is 0.0211. The van der Waals surface area contributed by atoms with Crippen LogP contribution in [0.1, 0.15) is 27.7 Å². The van der Waals surface area contributed by atoms with Gasteiger partial charge in [0, 0.05) is 6.54 Å². The number of rotatable bonds is 6. The molecular formula is C17H29NO2Si. The molecule has 1 heterocycles. The zero-order chi connectivity index (χ0) is 16.4. The molecule has 21 heavy (non-hydrogen) atoms. The molecule has 0 bridgehead atoms. The molecule has 1 saturated heterocycles. The second kappa shape index (κ2) is 6.35. The molecule has 118 valence electrons. The maximum absolute atomic E-state index is 12.4. The van der Waals surface area contributed by atoms with Gasteiger partial charge in [-0.2, -0.15) is 0 Å². The fraction of sp³-hybridized carbons (Fsp3) is 0.647. The maximum Gasteiger partial charge on any atom is 0.231 e. The Bertz CT molecular complexity index is 458. The molecule has 0 aromatic rings. The Morgan fingerprint density at radius 2 is 2.05 bits per heavy atom. The van der Waals surface area contributed by atoms with Crippen LogP contribution in [0.2, 0.25) is 18.1 Å². The molecule has 0 unspecified atom stereocenters. The van der Waals surface area contributed by atoms with Gasteiger partial charge in [-0.1, -0.05) is 33.4 Å². The van der Waals surface area contributed by atoms with Crippen molar-refractivity contribution in [3.8, 4) is 0 Å². The number of likely N-dealkylation sites (tertiary alicyclic amines) is 1. The number of amides is 1. The van der Waals surface area contributed by atoms with Gasteiger partial charge < -0.3 is 9.33 Å². The lowest BCUT2D eigenvalue weighted by molar-refractivity contribution is -0.158. The third-order valence-corrected chi connectivity index (χ3v) is 9.28. The van der Waals surface area contributed by atoms with E-state index in [2.05, 4.69) is 52.8 Å². The Labute approximate surface area is 130 Å². The molecule has 3 atom stereocenters. The van der Waals surface area contributed by atoms with Gasteiger partial charge in [-0.15, -0.1) is 12.3 Å². The standard InChI is InChI=1S/C17H29NO2Si/c1-9-11-14-15(16(19)18(14)12-10-2)13(3)20-21(7,8)17(4,5)6/h10-11,13-15H,1-2,12H2,3-8H3/t13-,14-,15-/m1/s1. The summed E-state index contributed by atoms with van der Waals surface area (Å²) < 4.78 is 6.38. The van der Waals surface area contributed by atoms with Crippen LogP contribution in [0.25, 0.3) is 0 Å². The Balaban J connectivity index is 2.87. The fourth-order valence-corrected chi connectivity index (χ4v) is 3.88. The third-order valence-electron chi connectivity index (χ3n) is 4.70. The van der Waals surface area contributed by atoms with Crippen LogP contribution in [-0.2, 0) is 9.22 Å². The van der Waals surface area contributed by atoms with Crippen molar-refractivity contribution in [2.75, 3.05) is 6.54 Å². The van der Waals surface area contributed by atoms with E-state index in [1.165, 1.54) is 0 Å². The molecule has 1 fully saturated rings. The van der Waals surface area contributed by atoms with Crippen LogP contribution in [0.4, 0.5) is 0 Å². The van der Waals surface area contributed by atoms with Gasteiger partial charge in [0.1, 0.15) is 0 Å². The largest absolute Gasteiger partial charge is 0.413 e. The first kappa shape index (κ1) is 18.0. The quantitative estimate of drug-likeness (QED) is 0.324. The summed E-state index contributed by atoms with van der Waals surface area (Å²) in [4.78, 5) is 14.2. The molecule has 1 aliphatic heterocycles. The van der Waals surface area contributed by atoms with Crippen LogP contribution in [-0.4, -0.2) is 37.8 Å². The zero-order valence-electron chi connectivity index (χ0n) is 14.3. The second-order valence-corrected chi connectivity index (χ2v) is 12.0. The van der Waals surface area contributed by atoms with Crippen molar-refractivity contribution < 1.29 is 9.22 Å². The summed E-state index contributed by atoms with van der Waals surface area (Å²) in [5.74, 6) is 0.00549. The lowest BCUT2D eigenvalue weighted by Gasteiger charge is -2.50. The lowest BCUT2D eigenvalue weighted by atomic mass is 9.83. The van der Waals surface area contributed by atoms with E-state index in [4.69, 9.17) is 4.43 Å². The Morgan fingerprint density at radius 1 is 1.48 bits per heavy atom. The van der Waals surface area contributed by atoms with Crippen LogP contribution < -0.4 is 0 Å². The van der Waals surface area contributed by atoms with Gasteiger partial charge in [0.25, 0.3) is 0 Å². The molecule has 3 nitrogen and oxygen atoms in total. The lowest BCUT2D eigenvalue weighted by Crippen LogP contribution is -2.64. The highest BCUT2D eigenvalue weighted by atomic mass is 28.4. The first-order chi connectivity index (χ1) is 9.56. The highest BCUT2D eigenvalue weighted by Crippen LogP contribution is 2.40. The molecule has 1 aliphatic rings. The smallest absolute Gasteiger partial charge is 0.231 e. The van der Waals surface area contributed by atoms with E-state index in [1.807, 2.05) is 13.0 Å². The van der Waals surface area contributed by atoms with Gasteiger partial charge in [0.05, 0.1) is 18.1 Å². The normalized spacial score (nSPS) is 24.1. The van der Waals surface area contributed by atoms with E-state index < -0.39 is 8.32 Å². The van der Waals surface area contributed by atoms with Crippen LogP contribution in [0, 0.1) is 5.92 Å². The van der Waals surface area contributed by atoms with Gasteiger partial charge in [0.15, 0.2) is 8.32 Å². The van der Waals surface area contributed by atoms with Crippen LogP contribution in [0.5, 0.6) is 0 Å². The first-order valence-corrected chi connectivity index (χ1v) is 10.4. The number of nitrogens with zero attached hydrogens (tertiary/aromatic N) is 1. The summed E-state index contributed by atoms with van der Waals surface area (Å²) in [5, 5.41) is 0.138. The van der Waals surface area contributed by atoms with Crippen molar-refractivity contribution in [1.29, 1.82) is 0 Å². The zero-order valence-corrected chi connectivity index (χ0v) is 15.3. The van der Waals surface area contributed by atoms with E-state index in [0.717, 1.165) is 0 Å². The van der Waals surface area contributed by atoms with E-state index in [9.17, 15) is 4.79 Å². The molecular weight excluding hydrogens is 278 g/mol. The van der Waals surface area contributed by atoms with E-state index in [1.54, 1.807) is 11.0 Å². The number of carbonyl (C=O) groups is 1. The molecule has 0 radical (unpaired) electrons. The minimum atomic E-state index is -1.88. The Morgan fingerprint density at radius 3 is 2.48 bits per heavy atom. The average molecular weight is 308 g/mol. The molecule has 1 amide bonds. The molecule has 0 N–H and O–H groups in total. The van der Waals surface area contributed by atoms with Crippen molar-refractivity contribution in [2.24, 2.45) is 5.92 Å². The van der Waals surface area contributed by atoms with E-state index in [0.29, 0.717) is 6.54 Å². The number of carbonyl (C=O) groups excluding carboxylic acids is 1. The monoisotopic (exact) mass is 307 g/mol. The van der Waals surface area contributed by atoms with Gasteiger partial charge in [-0.3, -0.25) is 4.79 Å². The number of β-lactam (4-membered cyclic amide) rings is 1. The van der Waals surface area contributed by atoms with Crippen molar-refractivity contribution in [3.63, 3.8) is 0 Å². The molecule has 0 spiro atoms. The highest BCUT2D eigenvalue weighted by molar-refractivity contribution is 6.74. The van der Waals surface area contributed by atoms with Crippen molar-refractivity contribution in [1.82, 2.24) is 4.90 Å².